The summed E-state index contributed by atoms with van der Waals surface area (Å²) in [6, 6.07) is -0.0496. The van der Waals surface area contributed by atoms with Crippen LogP contribution in [0.1, 0.15) is 12.8 Å². The number of alkyl halides is 3. The Bertz CT molecular complexity index is 592. The Labute approximate surface area is 156 Å². The van der Waals surface area contributed by atoms with Gasteiger partial charge in [-0.1, -0.05) is 0 Å². The summed E-state index contributed by atoms with van der Waals surface area (Å²) in [5.41, 5.74) is 0. The average molecular weight is 417 g/mol. The van der Waals surface area contributed by atoms with Crippen LogP contribution in [0, 0.1) is 0 Å². The van der Waals surface area contributed by atoms with Crippen molar-refractivity contribution in [3.05, 3.63) is 0 Å². The molecule has 0 saturated carbocycles. The van der Waals surface area contributed by atoms with Gasteiger partial charge in [-0.3, -0.25) is 14.5 Å². The Kier molecular flexibility index (Phi) is 8.95. The van der Waals surface area contributed by atoms with Gasteiger partial charge in [0.05, 0.1) is 18.1 Å². The van der Waals surface area contributed by atoms with E-state index in [0.717, 1.165) is 0 Å². The summed E-state index contributed by atoms with van der Waals surface area (Å²) in [6.07, 6.45) is -3.37. The van der Waals surface area contributed by atoms with Gasteiger partial charge in [-0.25, -0.2) is 8.42 Å². The molecule has 27 heavy (non-hydrogen) atoms. The average Bonchev–Trinajstić information content (AvgIpc) is 2.92. The minimum absolute atomic E-state index is 0.0496. The fraction of sp³-hybridized carbons (Fsp3) is 0.867. The molecule has 1 atom stereocenters. The number of carbonyl (C=O) groups is 2. The molecule has 158 valence electrons. The van der Waals surface area contributed by atoms with Gasteiger partial charge in [0.25, 0.3) is 6.47 Å². The van der Waals surface area contributed by atoms with E-state index in [1.165, 1.54) is 4.90 Å². The second kappa shape index (κ2) is 10.2. The zero-order valence-corrected chi connectivity index (χ0v) is 16.0. The Morgan fingerprint density at radius 2 is 1.81 bits per heavy atom. The molecule has 2 aliphatic heterocycles. The number of carboxylic acid groups (broad SMARTS) is 1. The summed E-state index contributed by atoms with van der Waals surface area (Å²) in [5, 5.41) is 6.89. The standard InChI is InChI=1S/C14H24F3N3O3S.CH2O2/c1-18(12-3-9-24(22,23)10-12)4-2-13(21)20-7-5-19(6-8-20)11-14(15,16)17;2-1-3/h12H,2-11H2,1H3;1H,(H,2,3). The lowest BCUT2D eigenvalue weighted by Crippen LogP contribution is -2.51. The van der Waals surface area contributed by atoms with Crippen LogP contribution in [0.15, 0.2) is 0 Å². The number of piperazine rings is 1. The molecule has 2 rings (SSSR count). The predicted molar refractivity (Wildman–Crippen MR) is 92.1 cm³/mol. The van der Waals surface area contributed by atoms with Crippen molar-refractivity contribution in [1.82, 2.24) is 14.7 Å². The third-order valence-electron chi connectivity index (χ3n) is 4.64. The number of carbonyl (C=O) groups excluding carboxylic acids is 1. The highest BCUT2D eigenvalue weighted by molar-refractivity contribution is 7.91. The molecule has 1 N–H and O–H groups in total. The Balaban J connectivity index is 0.00000114. The molecule has 0 spiro atoms. The molecule has 0 bridgehead atoms. The van der Waals surface area contributed by atoms with Crippen molar-refractivity contribution in [3.63, 3.8) is 0 Å². The van der Waals surface area contributed by atoms with Crippen LogP contribution in [0.2, 0.25) is 0 Å². The highest BCUT2D eigenvalue weighted by Crippen LogP contribution is 2.18. The fourth-order valence-electron chi connectivity index (χ4n) is 3.14. The maximum atomic E-state index is 12.3. The van der Waals surface area contributed by atoms with Crippen molar-refractivity contribution in [1.29, 1.82) is 0 Å². The maximum Gasteiger partial charge on any atom is 0.401 e. The largest absolute Gasteiger partial charge is 0.483 e. The normalized spacial score (nSPS) is 23.0. The fourth-order valence-corrected chi connectivity index (χ4v) is 4.95. The van der Waals surface area contributed by atoms with E-state index >= 15 is 0 Å². The molecular weight excluding hydrogens is 391 g/mol. The van der Waals surface area contributed by atoms with Gasteiger partial charge in [-0.05, 0) is 13.5 Å². The lowest BCUT2D eigenvalue weighted by molar-refractivity contribution is -0.151. The van der Waals surface area contributed by atoms with Crippen LogP contribution in [-0.4, -0.2) is 111 Å². The maximum absolute atomic E-state index is 12.3. The molecule has 1 unspecified atom stereocenters. The van der Waals surface area contributed by atoms with Crippen LogP contribution in [0.3, 0.4) is 0 Å². The molecule has 0 aromatic rings. The summed E-state index contributed by atoms with van der Waals surface area (Å²) < 4.78 is 60.0. The van der Waals surface area contributed by atoms with Gasteiger partial charge in [-0.2, -0.15) is 13.2 Å². The van der Waals surface area contributed by atoms with E-state index in [9.17, 15) is 26.4 Å². The van der Waals surface area contributed by atoms with Gasteiger partial charge in [0.2, 0.25) is 5.91 Å². The van der Waals surface area contributed by atoms with Crippen LogP contribution >= 0.6 is 0 Å². The van der Waals surface area contributed by atoms with Gasteiger partial charge in [0.1, 0.15) is 0 Å². The van der Waals surface area contributed by atoms with E-state index in [4.69, 9.17) is 9.90 Å². The van der Waals surface area contributed by atoms with Crippen LogP contribution in [0.5, 0.6) is 0 Å². The highest BCUT2D eigenvalue weighted by Gasteiger charge is 2.33. The van der Waals surface area contributed by atoms with Gasteiger partial charge in [0.15, 0.2) is 9.84 Å². The van der Waals surface area contributed by atoms with Gasteiger partial charge in [-0.15, -0.1) is 0 Å². The number of halogens is 3. The molecule has 0 aromatic carbocycles. The summed E-state index contributed by atoms with van der Waals surface area (Å²) in [4.78, 5) is 25.3. The van der Waals surface area contributed by atoms with Crippen molar-refractivity contribution in [2.45, 2.75) is 25.1 Å². The van der Waals surface area contributed by atoms with E-state index in [2.05, 4.69) is 0 Å². The first-order valence-electron chi connectivity index (χ1n) is 8.53. The number of amides is 1. The first-order valence-corrected chi connectivity index (χ1v) is 10.3. The topological polar surface area (TPSA) is 98.2 Å². The predicted octanol–water partition coefficient (Wildman–Crippen LogP) is -0.0973. The summed E-state index contributed by atoms with van der Waals surface area (Å²) >= 11 is 0. The number of hydrogen-bond acceptors (Lipinski definition) is 6. The lowest BCUT2D eigenvalue weighted by atomic mass is 10.2. The minimum atomic E-state index is -4.21. The molecule has 8 nitrogen and oxygen atoms in total. The van der Waals surface area contributed by atoms with Gasteiger partial charge >= 0.3 is 6.18 Å². The second-order valence-corrected chi connectivity index (χ2v) is 8.89. The molecule has 2 heterocycles. The monoisotopic (exact) mass is 417 g/mol. The van der Waals surface area contributed by atoms with E-state index in [1.54, 1.807) is 11.9 Å². The molecule has 2 saturated heterocycles. The first-order chi connectivity index (χ1) is 12.5. The Morgan fingerprint density at radius 1 is 1.26 bits per heavy atom. The highest BCUT2D eigenvalue weighted by atomic mass is 32.2. The summed E-state index contributed by atoms with van der Waals surface area (Å²) in [5.74, 6) is 0.236. The van der Waals surface area contributed by atoms with Crippen molar-refractivity contribution in [2.24, 2.45) is 0 Å². The molecule has 1 amide bonds. The van der Waals surface area contributed by atoms with Crippen LogP contribution < -0.4 is 0 Å². The Hall–Kier alpha value is -1.40. The number of nitrogens with zero attached hydrogens (tertiary/aromatic N) is 3. The van der Waals surface area contributed by atoms with Crippen LogP contribution in [0.4, 0.5) is 13.2 Å². The SMILES string of the molecule is CN(CCC(=O)N1CCN(CC(F)(F)F)CC1)C1CCS(=O)(=O)C1.O=CO. The van der Waals surface area contributed by atoms with E-state index in [1.807, 2.05) is 4.90 Å². The van der Waals surface area contributed by atoms with Gasteiger partial charge < -0.3 is 14.9 Å². The molecule has 0 aliphatic carbocycles. The summed E-state index contributed by atoms with van der Waals surface area (Å²) in [6.45, 7) is 0.326. The first kappa shape index (κ1) is 23.6. The van der Waals surface area contributed by atoms with Gasteiger partial charge in [0, 0.05) is 45.2 Å². The second-order valence-electron chi connectivity index (χ2n) is 6.66. The van der Waals surface area contributed by atoms with Crippen LogP contribution in [-0.2, 0) is 19.4 Å². The van der Waals surface area contributed by atoms with E-state index in [0.29, 0.717) is 26.1 Å². The zero-order chi connectivity index (χ0) is 20.7. The van der Waals surface area contributed by atoms with Crippen LogP contribution in [0.25, 0.3) is 0 Å². The number of sulfone groups is 1. The van der Waals surface area contributed by atoms with E-state index in [-0.39, 0.29) is 49.4 Å². The smallest absolute Gasteiger partial charge is 0.401 e. The molecule has 12 heteroatoms. The molecule has 2 aliphatic rings. The number of rotatable bonds is 5. The molecule has 0 aromatic heterocycles. The van der Waals surface area contributed by atoms with Crippen molar-refractivity contribution in [3.8, 4) is 0 Å². The molecule has 0 radical (unpaired) electrons. The molecule has 2 fully saturated rings. The van der Waals surface area contributed by atoms with Crippen molar-refractivity contribution >= 4 is 22.2 Å². The number of hydrogen-bond donors (Lipinski definition) is 1. The lowest BCUT2D eigenvalue weighted by Gasteiger charge is -2.35. The minimum Gasteiger partial charge on any atom is -0.483 e. The Morgan fingerprint density at radius 3 is 2.26 bits per heavy atom. The zero-order valence-electron chi connectivity index (χ0n) is 15.2. The molecular formula is C15H26F3N3O5S. The quantitative estimate of drug-likeness (QED) is 0.624. The third-order valence-corrected chi connectivity index (χ3v) is 6.39. The van der Waals surface area contributed by atoms with E-state index < -0.39 is 22.6 Å². The third kappa shape index (κ3) is 8.89. The summed E-state index contributed by atoms with van der Waals surface area (Å²) in [7, 11) is -1.15. The van der Waals surface area contributed by atoms with Crippen molar-refractivity contribution in [2.75, 3.05) is 57.8 Å². The van der Waals surface area contributed by atoms with Crippen molar-refractivity contribution < 1.29 is 36.3 Å².